The minimum atomic E-state index is -4.42. The Hall–Kier alpha value is -3.61. The van der Waals surface area contributed by atoms with Gasteiger partial charge < -0.3 is 15.0 Å². The van der Waals surface area contributed by atoms with Crippen molar-refractivity contribution in [1.29, 1.82) is 0 Å². The number of nitrogens with one attached hydrogen (secondary N) is 1. The van der Waals surface area contributed by atoms with Crippen LogP contribution in [0.4, 0.5) is 18.0 Å². The highest BCUT2D eigenvalue weighted by Gasteiger charge is 2.46. The molecular weight excluding hydrogens is 461 g/mol. The van der Waals surface area contributed by atoms with E-state index >= 15 is 0 Å². The van der Waals surface area contributed by atoms with E-state index in [1.54, 1.807) is 40.8 Å². The molecule has 3 rings (SSSR count). The second kappa shape index (κ2) is 9.56. The van der Waals surface area contributed by atoms with Crippen molar-refractivity contribution in [3.05, 3.63) is 47.4 Å². The number of hydrogen-bond donors (Lipinski definition) is 1. The maximum Gasteiger partial charge on any atom is 0.416 e. The zero-order valence-corrected chi connectivity index (χ0v) is 20.2. The Morgan fingerprint density at radius 3 is 2.40 bits per heavy atom. The summed E-state index contributed by atoms with van der Waals surface area (Å²) in [7, 11) is 1.65. The van der Waals surface area contributed by atoms with Crippen LogP contribution < -0.4 is 5.32 Å². The first-order chi connectivity index (χ1) is 16.2. The molecule has 1 aromatic heterocycles. The molecule has 0 bridgehead atoms. The van der Waals surface area contributed by atoms with Crippen molar-refractivity contribution in [3.8, 4) is 23.1 Å². The summed E-state index contributed by atoms with van der Waals surface area (Å²) < 4.78 is 43.9. The molecule has 1 N–H and O–H groups in total. The Balaban J connectivity index is 1.84. The molecule has 0 radical (unpaired) electrons. The van der Waals surface area contributed by atoms with Crippen LogP contribution in [0.5, 0.6) is 0 Å². The normalized spacial score (nSPS) is 18.2. The van der Waals surface area contributed by atoms with E-state index in [1.807, 2.05) is 0 Å². The number of benzene rings is 1. The Bertz CT molecular complexity index is 1180. The van der Waals surface area contributed by atoms with E-state index in [4.69, 9.17) is 4.74 Å². The number of likely N-dealkylation sites (N-methyl/N-ethyl adjacent to an activating group) is 1. The van der Waals surface area contributed by atoms with E-state index in [1.165, 1.54) is 17.0 Å². The van der Waals surface area contributed by atoms with Crippen molar-refractivity contribution in [2.75, 3.05) is 13.6 Å². The molecule has 10 heteroatoms. The highest BCUT2D eigenvalue weighted by atomic mass is 19.4. The summed E-state index contributed by atoms with van der Waals surface area (Å²) in [5.41, 5.74) is -1.21. The van der Waals surface area contributed by atoms with Crippen LogP contribution in [0.15, 0.2) is 30.3 Å². The average Bonchev–Trinajstić information content (AvgIpc) is 3.00. The molecule has 0 spiro atoms. The summed E-state index contributed by atoms with van der Waals surface area (Å²) >= 11 is 0. The van der Waals surface area contributed by atoms with Crippen LogP contribution >= 0.6 is 0 Å². The molecule has 0 aliphatic carbocycles. The summed E-state index contributed by atoms with van der Waals surface area (Å²) in [6.45, 7) is 7.36. The summed E-state index contributed by atoms with van der Waals surface area (Å²) in [5.74, 6) is 5.61. The standard InChI is InChI=1S/C25H27F3N4O3/c1-16-15-19(17-8-10-18(11-9-17)25(26,27)28)30-20(29-16)7-6-12-24(13-14-32(5)21(24)33)31-22(34)35-23(2,3)4/h8-11,15H,12-14H2,1-5H3,(H,31,34)/t24-/m0/s1. The molecule has 2 heterocycles. The summed E-state index contributed by atoms with van der Waals surface area (Å²) in [6.07, 6.45) is -4.75. The quantitative estimate of drug-likeness (QED) is 0.650. The number of amides is 2. The van der Waals surface area contributed by atoms with Crippen molar-refractivity contribution in [1.82, 2.24) is 20.2 Å². The third-order valence-electron chi connectivity index (χ3n) is 5.32. The van der Waals surface area contributed by atoms with Crippen molar-refractivity contribution in [2.45, 2.75) is 57.9 Å². The number of hydrogen-bond acceptors (Lipinski definition) is 5. The van der Waals surface area contributed by atoms with Gasteiger partial charge in [0.05, 0.1) is 11.3 Å². The number of alkyl halides is 3. The zero-order chi connectivity index (χ0) is 26.0. The Kier molecular flexibility index (Phi) is 7.11. The van der Waals surface area contributed by atoms with Gasteiger partial charge in [-0.3, -0.25) is 4.79 Å². The Morgan fingerprint density at radius 2 is 1.86 bits per heavy atom. The number of aryl methyl sites for hydroxylation is 1. The van der Waals surface area contributed by atoms with E-state index in [-0.39, 0.29) is 18.2 Å². The number of carbonyl (C=O) groups excluding carboxylic acids is 2. The van der Waals surface area contributed by atoms with Crippen LogP contribution in [0, 0.1) is 18.8 Å². The first-order valence-corrected chi connectivity index (χ1v) is 11.0. The van der Waals surface area contributed by atoms with Gasteiger partial charge in [-0.05, 0) is 58.2 Å². The van der Waals surface area contributed by atoms with Gasteiger partial charge in [-0.25, -0.2) is 14.8 Å². The molecule has 1 fully saturated rings. The van der Waals surface area contributed by atoms with Crippen molar-refractivity contribution in [3.63, 3.8) is 0 Å². The molecule has 1 saturated heterocycles. The molecule has 186 valence electrons. The number of nitrogens with zero attached hydrogens (tertiary/aromatic N) is 3. The number of halogens is 3. The van der Waals surface area contributed by atoms with Gasteiger partial charge >= 0.3 is 12.3 Å². The molecule has 1 aromatic carbocycles. The summed E-state index contributed by atoms with van der Waals surface area (Å²) in [4.78, 5) is 35.4. The molecule has 2 amide bonds. The van der Waals surface area contributed by atoms with Crippen LogP contribution in [-0.4, -0.2) is 51.6 Å². The predicted octanol–water partition coefficient (Wildman–Crippen LogP) is 4.34. The number of ether oxygens (including phenoxy) is 1. The molecule has 2 aromatic rings. The Morgan fingerprint density at radius 1 is 1.20 bits per heavy atom. The molecule has 1 aliphatic heterocycles. The van der Waals surface area contributed by atoms with Crippen LogP contribution in [0.2, 0.25) is 0 Å². The van der Waals surface area contributed by atoms with E-state index < -0.39 is 29.0 Å². The van der Waals surface area contributed by atoms with Crippen molar-refractivity contribution < 1.29 is 27.5 Å². The molecule has 0 saturated carbocycles. The topological polar surface area (TPSA) is 84.4 Å². The van der Waals surface area contributed by atoms with Crippen LogP contribution in [-0.2, 0) is 15.7 Å². The SMILES string of the molecule is Cc1cc(-c2ccc(C(F)(F)F)cc2)nc(C#CC[C@]2(NC(=O)OC(C)(C)C)CCN(C)C2=O)n1. The third-order valence-corrected chi connectivity index (χ3v) is 5.32. The second-order valence-corrected chi connectivity index (χ2v) is 9.46. The number of carbonyl (C=O) groups is 2. The number of aromatic nitrogens is 2. The summed E-state index contributed by atoms with van der Waals surface area (Å²) in [6, 6.07) is 6.32. The lowest BCUT2D eigenvalue weighted by atomic mass is 9.93. The number of alkyl carbamates (subject to hydrolysis) is 1. The lowest BCUT2D eigenvalue weighted by Crippen LogP contribution is -2.54. The minimum absolute atomic E-state index is 0.0162. The van der Waals surface area contributed by atoms with Crippen LogP contribution in [0.3, 0.4) is 0 Å². The van der Waals surface area contributed by atoms with Gasteiger partial charge in [0, 0.05) is 31.3 Å². The average molecular weight is 489 g/mol. The fourth-order valence-electron chi connectivity index (χ4n) is 3.63. The van der Waals surface area contributed by atoms with E-state index in [2.05, 4.69) is 27.1 Å². The van der Waals surface area contributed by atoms with Crippen LogP contribution in [0.25, 0.3) is 11.3 Å². The zero-order valence-electron chi connectivity index (χ0n) is 20.2. The monoisotopic (exact) mass is 488 g/mol. The lowest BCUT2D eigenvalue weighted by Gasteiger charge is -2.28. The number of rotatable bonds is 3. The van der Waals surface area contributed by atoms with Gasteiger partial charge in [-0.15, -0.1) is 0 Å². The highest BCUT2D eigenvalue weighted by Crippen LogP contribution is 2.31. The van der Waals surface area contributed by atoms with Crippen LogP contribution in [0.1, 0.15) is 50.7 Å². The van der Waals surface area contributed by atoms with Gasteiger partial charge in [0.2, 0.25) is 11.7 Å². The fourth-order valence-corrected chi connectivity index (χ4v) is 3.63. The minimum Gasteiger partial charge on any atom is -0.444 e. The van der Waals surface area contributed by atoms with Crippen molar-refractivity contribution in [2.24, 2.45) is 0 Å². The van der Waals surface area contributed by atoms with Crippen molar-refractivity contribution >= 4 is 12.0 Å². The first kappa shape index (κ1) is 26.0. The van der Waals surface area contributed by atoms with E-state index in [0.717, 1.165) is 12.1 Å². The van der Waals surface area contributed by atoms with Gasteiger partial charge in [-0.2, -0.15) is 13.2 Å². The maximum atomic E-state index is 12.9. The molecule has 35 heavy (non-hydrogen) atoms. The molecule has 1 atom stereocenters. The van der Waals surface area contributed by atoms with Gasteiger partial charge in [-0.1, -0.05) is 18.1 Å². The fraction of sp³-hybridized carbons (Fsp3) is 0.440. The lowest BCUT2D eigenvalue weighted by molar-refractivity contribution is -0.137. The highest BCUT2D eigenvalue weighted by molar-refractivity contribution is 5.92. The van der Waals surface area contributed by atoms with E-state index in [9.17, 15) is 22.8 Å². The van der Waals surface area contributed by atoms with Gasteiger partial charge in [0.15, 0.2) is 0 Å². The van der Waals surface area contributed by atoms with Gasteiger partial charge in [0.1, 0.15) is 11.1 Å². The smallest absolute Gasteiger partial charge is 0.416 e. The third kappa shape index (κ3) is 6.50. The largest absolute Gasteiger partial charge is 0.444 e. The molecule has 0 unspecified atom stereocenters. The molecule has 1 aliphatic rings. The Labute approximate surface area is 202 Å². The molecule has 7 nitrogen and oxygen atoms in total. The van der Waals surface area contributed by atoms with Gasteiger partial charge in [0.25, 0.3) is 0 Å². The first-order valence-electron chi connectivity index (χ1n) is 11.0. The van der Waals surface area contributed by atoms with E-state index in [0.29, 0.717) is 29.9 Å². The second-order valence-electron chi connectivity index (χ2n) is 9.46. The predicted molar refractivity (Wildman–Crippen MR) is 123 cm³/mol. The number of likely N-dealkylation sites (tertiary alicyclic amines) is 1. The summed E-state index contributed by atoms with van der Waals surface area (Å²) in [5, 5.41) is 2.69. The molecular formula is C25H27F3N4O3. The maximum absolute atomic E-state index is 12.9.